The van der Waals surface area contributed by atoms with Gasteiger partial charge in [0.05, 0.1) is 13.7 Å². The Labute approximate surface area is 234 Å². The summed E-state index contributed by atoms with van der Waals surface area (Å²) in [5.41, 5.74) is 1.70. The average Bonchev–Trinajstić information content (AvgIpc) is 3.49. The van der Waals surface area contributed by atoms with Crippen molar-refractivity contribution in [3.63, 3.8) is 0 Å². The van der Waals surface area contributed by atoms with Crippen molar-refractivity contribution >= 4 is 66.6 Å². The standard InChI is InChI=1S/C28H20Br2N2O6/c1-36-27(34)25-11-9-19(38-25)14-32-26(33)23(31-28(32)35)13-21-20-5-3-2-4-16(20)7-10-24(21)37-15-17-6-8-18(29)12-22(17)30/h2-13H,14-15H2,1H3,(H,31,35)/b23-13-. The predicted molar refractivity (Wildman–Crippen MR) is 147 cm³/mol. The average molecular weight is 640 g/mol. The van der Waals surface area contributed by atoms with Crippen molar-refractivity contribution in [1.29, 1.82) is 0 Å². The van der Waals surface area contributed by atoms with Crippen LogP contribution in [-0.4, -0.2) is 29.9 Å². The van der Waals surface area contributed by atoms with E-state index in [1.165, 1.54) is 19.2 Å². The zero-order valence-corrected chi connectivity index (χ0v) is 23.2. The maximum Gasteiger partial charge on any atom is 0.373 e. The first kappa shape index (κ1) is 25.7. The van der Waals surface area contributed by atoms with E-state index in [-0.39, 0.29) is 30.4 Å². The van der Waals surface area contributed by atoms with E-state index < -0.39 is 17.9 Å². The highest BCUT2D eigenvalue weighted by molar-refractivity contribution is 9.11. The zero-order valence-electron chi connectivity index (χ0n) is 20.0. The van der Waals surface area contributed by atoms with Gasteiger partial charge in [-0.1, -0.05) is 68.3 Å². The molecule has 192 valence electrons. The van der Waals surface area contributed by atoms with E-state index in [1.807, 2.05) is 54.6 Å². The summed E-state index contributed by atoms with van der Waals surface area (Å²) in [6.07, 6.45) is 1.62. The number of nitrogens with one attached hydrogen (secondary N) is 1. The van der Waals surface area contributed by atoms with E-state index in [9.17, 15) is 14.4 Å². The highest BCUT2D eigenvalue weighted by atomic mass is 79.9. The second kappa shape index (κ2) is 10.8. The Morgan fingerprint density at radius 1 is 1.05 bits per heavy atom. The Balaban J connectivity index is 1.45. The third kappa shape index (κ3) is 5.23. The molecule has 0 bridgehead atoms. The quantitative estimate of drug-likeness (QED) is 0.142. The first-order valence-electron chi connectivity index (χ1n) is 11.4. The van der Waals surface area contributed by atoms with Crippen LogP contribution < -0.4 is 10.1 Å². The van der Waals surface area contributed by atoms with Gasteiger partial charge in [0.2, 0.25) is 5.76 Å². The Bertz CT molecular complexity index is 1610. The maximum absolute atomic E-state index is 13.2. The van der Waals surface area contributed by atoms with E-state index in [0.29, 0.717) is 11.3 Å². The van der Waals surface area contributed by atoms with E-state index >= 15 is 0 Å². The summed E-state index contributed by atoms with van der Waals surface area (Å²) in [5.74, 6) is -0.363. The molecule has 3 aromatic carbocycles. The summed E-state index contributed by atoms with van der Waals surface area (Å²) < 4.78 is 18.1. The first-order valence-corrected chi connectivity index (χ1v) is 13.0. The van der Waals surface area contributed by atoms with E-state index in [0.717, 1.165) is 30.2 Å². The van der Waals surface area contributed by atoms with Crippen LogP contribution in [0.2, 0.25) is 0 Å². The molecule has 0 unspecified atom stereocenters. The molecule has 1 N–H and O–H groups in total. The van der Waals surface area contributed by atoms with E-state index in [1.54, 1.807) is 6.08 Å². The minimum Gasteiger partial charge on any atom is -0.488 e. The van der Waals surface area contributed by atoms with Crippen molar-refractivity contribution < 1.29 is 28.3 Å². The molecule has 0 atom stereocenters. The Kier molecular flexibility index (Phi) is 7.35. The number of urea groups is 1. The van der Waals surface area contributed by atoms with Crippen molar-refractivity contribution in [2.45, 2.75) is 13.2 Å². The minimum atomic E-state index is -0.646. The predicted octanol–water partition coefficient (Wildman–Crippen LogP) is 6.42. The van der Waals surface area contributed by atoms with Crippen molar-refractivity contribution in [2.24, 2.45) is 0 Å². The van der Waals surface area contributed by atoms with Gasteiger partial charge in [0.25, 0.3) is 5.91 Å². The molecule has 1 aliphatic rings. The molecule has 38 heavy (non-hydrogen) atoms. The second-order valence-electron chi connectivity index (χ2n) is 8.36. The molecule has 5 rings (SSSR count). The normalized spacial score (nSPS) is 14.3. The lowest BCUT2D eigenvalue weighted by atomic mass is 10.0. The Morgan fingerprint density at radius 3 is 2.66 bits per heavy atom. The minimum absolute atomic E-state index is 0.0136. The maximum atomic E-state index is 13.2. The number of carbonyl (C=O) groups is 3. The zero-order chi connectivity index (χ0) is 26.8. The fourth-order valence-corrected chi connectivity index (χ4v) is 5.19. The van der Waals surface area contributed by atoms with Gasteiger partial charge < -0.3 is 19.2 Å². The highest BCUT2D eigenvalue weighted by Crippen LogP contribution is 2.32. The molecule has 1 fully saturated rings. The third-order valence-corrected chi connectivity index (χ3v) is 7.17. The summed E-state index contributed by atoms with van der Waals surface area (Å²) in [5, 5.41) is 4.46. The summed E-state index contributed by atoms with van der Waals surface area (Å²) in [6, 6.07) is 19.7. The summed E-state index contributed by atoms with van der Waals surface area (Å²) in [4.78, 5) is 38.6. The Morgan fingerprint density at radius 2 is 1.87 bits per heavy atom. The fourth-order valence-electron chi connectivity index (χ4n) is 4.03. The molecule has 0 saturated carbocycles. The molecule has 8 nitrogen and oxygen atoms in total. The molecule has 10 heteroatoms. The monoisotopic (exact) mass is 638 g/mol. The molecule has 1 saturated heterocycles. The number of hydrogen-bond acceptors (Lipinski definition) is 6. The van der Waals surface area contributed by atoms with Crippen LogP contribution >= 0.6 is 31.9 Å². The first-order chi connectivity index (χ1) is 18.3. The van der Waals surface area contributed by atoms with Crippen molar-refractivity contribution in [1.82, 2.24) is 10.2 Å². The van der Waals surface area contributed by atoms with Crippen LogP contribution in [0.5, 0.6) is 5.75 Å². The molecular formula is C28H20Br2N2O6. The summed E-state index contributed by atoms with van der Waals surface area (Å²) >= 11 is 7.01. The number of imide groups is 1. The number of ether oxygens (including phenoxy) is 2. The third-order valence-electron chi connectivity index (χ3n) is 5.94. The number of esters is 1. The molecule has 4 aromatic rings. The molecule has 0 aliphatic carbocycles. The lowest BCUT2D eigenvalue weighted by Crippen LogP contribution is -2.30. The molecule has 1 aliphatic heterocycles. The molecule has 3 amide bonds. The SMILES string of the molecule is COC(=O)c1ccc(CN2C(=O)N/C(=C\c3c(OCc4ccc(Br)cc4Br)ccc4ccccc34)C2=O)o1. The van der Waals surface area contributed by atoms with Gasteiger partial charge in [-0.3, -0.25) is 9.69 Å². The number of methoxy groups -OCH3 is 1. The summed E-state index contributed by atoms with van der Waals surface area (Å²) in [6.45, 7) is 0.144. The summed E-state index contributed by atoms with van der Waals surface area (Å²) in [7, 11) is 1.24. The van der Waals surface area contributed by atoms with Crippen molar-refractivity contribution in [3.8, 4) is 5.75 Å². The van der Waals surface area contributed by atoms with Crippen LogP contribution in [0, 0.1) is 0 Å². The number of rotatable bonds is 7. The van der Waals surface area contributed by atoms with Gasteiger partial charge in [0, 0.05) is 20.1 Å². The van der Waals surface area contributed by atoms with Crippen molar-refractivity contribution in [2.75, 3.05) is 7.11 Å². The second-order valence-corrected chi connectivity index (χ2v) is 10.1. The van der Waals surface area contributed by atoms with Gasteiger partial charge in [-0.05, 0) is 47.2 Å². The number of halogens is 2. The molecule has 1 aromatic heterocycles. The van der Waals surface area contributed by atoms with Crippen molar-refractivity contribution in [3.05, 3.63) is 104 Å². The van der Waals surface area contributed by atoms with Gasteiger partial charge in [0.1, 0.15) is 23.8 Å². The van der Waals surface area contributed by atoms with Crippen LogP contribution in [0.4, 0.5) is 4.79 Å². The van der Waals surface area contributed by atoms with Gasteiger partial charge in [-0.15, -0.1) is 0 Å². The topological polar surface area (TPSA) is 98.1 Å². The van der Waals surface area contributed by atoms with Crippen LogP contribution in [0.25, 0.3) is 16.8 Å². The van der Waals surface area contributed by atoms with Gasteiger partial charge in [-0.2, -0.15) is 0 Å². The number of fused-ring (bicyclic) bond motifs is 1. The molecule has 0 radical (unpaired) electrons. The molecule has 0 spiro atoms. The number of hydrogen-bond donors (Lipinski definition) is 1. The lowest BCUT2D eigenvalue weighted by Gasteiger charge is -2.14. The molecule has 2 heterocycles. The van der Waals surface area contributed by atoms with Crippen LogP contribution in [0.3, 0.4) is 0 Å². The number of nitrogens with zero attached hydrogens (tertiary/aromatic N) is 1. The van der Waals surface area contributed by atoms with E-state index in [2.05, 4.69) is 41.9 Å². The van der Waals surface area contributed by atoms with Crippen LogP contribution in [0.1, 0.15) is 27.4 Å². The number of carbonyl (C=O) groups excluding carboxylic acids is 3. The van der Waals surface area contributed by atoms with Gasteiger partial charge >= 0.3 is 12.0 Å². The number of furan rings is 1. The van der Waals surface area contributed by atoms with Gasteiger partial charge in [-0.25, -0.2) is 9.59 Å². The number of benzene rings is 3. The van der Waals surface area contributed by atoms with Gasteiger partial charge in [0.15, 0.2) is 0 Å². The lowest BCUT2D eigenvalue weighted by molar-refractivity contribution is -0.123. The van der Waals surface area contributed by atoms with E-state index in [4.69, 9.17) is 9.15 Å². The largest absolute Gasteiger partial charge is 0.488 e. The number of amides is 3. The molecular weight excluding hydrogens is 620 g/mol. The highest BCUT2D eigenvalue weighted by Gasteiger charge is 2.34. The smallest absolute Gasteiger partial charge is 0.373 e. The Hall–Kier alpha value is -3.89. The van der Waals surface area contributed by atoms with Crippen LogP contribution in [-0.2, 0) is 22.7 Å². The van der Waals surface area contributed by atoms with Crippen LogP contribution in [0.15, 0.2) is 85.8 Å². The fraction of sp³-hybridized carbons (Fsp3) is 0.107.